The fraction of sp³-hybridized carbons (Fsp3) is 0.462. The monoisotopic (exact) mass is 492 g/mol. The summed E-state index contributed by atoms with van der Waals surface area (Å²) in [7, 11) is 0. The summed E-state index contributed by atoms with van der Waals surface area (Å²) in [5, 5.41) is 16.7. The molecule has 1 aromatic carbocycles. The smallest absolute Gasteiger partial charge is 0.270 e. The standard InChI is InChI=1S/C26H32N6O4/c33-21(11-28-26(34)24-10-25(30-16-29-24)31-20-3-1-2-4-20)14-32-8-7-18-9-22(6-5-19(18)13-32)35-15-23-12-27-17-36-23/h5-6,9-10,12,16-17,20-21,33H,1-4,7-8,11,13-15H2,(H,28,34)(H,29,30,31)/t21-/m0/s1. The number of amides is 1. The van der Waals surface area contributed by atoms with E-state index in [2.05, 4.69) is 42.6 Å². The molecule has 1 amide bonds. The van der Waals surface area contributed by atoms with Crippen molar-refractivity contribution in [3.63, 3.8) is 0 Å². The molecular formula is C26H32N6O4. The first-order valence-electron chi connectivity index (χ1n) is 12.5. The SMILES string of the molecule is O=C(NC[C@H](O)CN1CCc2cc(OCc3cnco3)ccc2C1)c1cc(NC2CCCC2)ncn1. The molecule has 10 nitrogen and oxygen atoms in total. The van der Waals surface area contributed by atoms with Gasteiger partial charge in [0.15, 0.2) is 12.2 Å². The summed E-state index contributed by atoms with van der Waals surface area (Å²) < 4.78 is 11.0. The molecule has 2 aliphatic rings. The van der Waals surface area contributed by atoms with Crippen LogP contribution in [0.15, 0.2) is 47.6 Å². The highest BCUT2D eigenvalue weighted by atomic mass is 16.5. The number of aliphatic hydroxyl groups excluding tert-OH is 1. The van der Waals surface area contributed by atoms with Gasteiger partial charge >= 0.3 is 0 Å². The Bertz CT molecular complexity index is 1150. The van der Waals surface area contributed by atoms with Crippen LogP contribution in [0.2, 0.25) is 0 Å². The molecule has 36 heavy (non-hydrogen) atoms. The number of aliphatic hydroxyl groups is 1. The van der Waals surface area contributed by atoms with Gasteiger partial charge in [0.2, 0.25) is 0 Å². The van der Waals surface area contributed by atoms with Crippen molar-refractivity contribution in [2.45, 2.75) is 57.4 Å². The number of nitrogens with one attached hydrogen (secondary N) is 2. The third-order valence-electron chi connectivity index (χ3n) is 6.71. The number of hydrogen-bond donors (Lipinski definition) is 3. The minimum Gasteiger partial charge on any atom is -0.486 e. The van der Waals surface area contributed by atoms with Gasteiger partial charge in [0.05, 0.1) is 12.3 Å². The van der Waals surface area contributed by atoms with Crippen molar-refractivity contribution in [3.05, 3.63) is 65.8 Å². The van der Waals surface area contributed by atoms with Gasteiger partial charge in [0, 0.05) is 38.3 Å². The number of anilines is 1. The molecule has 1 atom stereocenters. The van der Waals surface area contributed by atoms with Crippen molar-refractivity contribution in [3.8, 4) is 5.75 Å². The van der Waals surface area contributed by atoms with Crippen molar-refractivity contribution in [1.82, 2.24) is 25.2 Å². The van der Waals surface area contributed by atoms with Gasteiger partial charge in [-0.3, -0.25) is 9.69 Å². The zero-order valence-electron chi connectivity index (χ0n) is 20.2. The summed E-state index contributed by atoms with van der Waals surface area (Å²) >= 11 is 0. The Balaban J connectivity index is 1.07. The van der Waals surface area contributed by atoms with Gasteiger partial charge in [-0.05, 0) is 42.5 Å². The Morgan fingerprint density at radius 1 is 1.22 bits per heavy atom. The Kier molecular flexibility index (Phi) is 7.73. The molecule has 3 aromatic rings. The van der Waals surface area contributed by atoms with Gasteiger partial charge in [0.1, 0.15) is 30.2 Å². The Morgan fingerprint density at radius 2 is 2.11 bits per heavy atom. The molecule has 1 saturated carbocycles. The predicted octanol–water partition coefficient (Wildman–Crippen LogP) is 2.55. The fourth-order valence-corrected chi connectivity index (χ4v) is 4.80. The van der Waals surface area contributed by atoms with Gasteiger partial charge in [-0.2, -0.15) is 0 Å². The number of hydrogen-bond acceptors (Lipinski definition) is 9. The molecule has 1 fully saturated rings. The van der Waals surface area contributed by atoms with E-state index < -0.39 is 6.10 Å². The predicted molar refractivity (Wildman–Crippen MR) is 133 cm³/mol. The second-order valence-corrected chi connectivity index (χ2v) is 9.45. The third kappa shape index (κ3) is 6.38. The first-order valence-corrected chi connectivity index (χ1v) is 12.5. The molecule has 0 unspecified atom stereocenters. The molecular weight excluding hydrogens is 460 g/mol. The zero-order valence-corrected chi connectivity index (χ0v) is 20.2. The molecule has 3 heterocycles. The quantitative estimate of drug-likeness (QED) is 0.391. The second kappa shape index (κ2) is 11.5. The lowest BCUT2D eigenvalue weighted by Gasteiger charge is -2.30. The average Bonchev–Trinajstić information content (AvgIpc) is 3.61. The number of benzene rings is 1. The van der Waals surface area contributed by atoms with Gasteiger partial charge < -0.3 is 24.9 Å². The number of fused-ring (bicyclic) bond motifs is 1. The number of carbonyl (C=O) groups excluding carboxylic acids is 1. The van der Waals surface area contributed by atoms with Gasteiger partial charge in [-0.1, -0.05) is 18.9 Å². The molecule has 0 radical (unpaired) electrons. The Morgan fingerprint density at radius 3 is 2.94 bits per heavy atom. The molecule has 0 saturated heterocycles. The normalized spacial score (nSPS) is 16.9. The summed E-state index contributed by atoms with van der Waals surface area (Å²) in [6.07, 6.45) is 9.30. The van der Waals surface area contributed by atoms with Crippen LogP contribution in [0.5, 0.6) is 5.75 Å². The van der Waals surface area contributed by atoms with Crippen LogP contribution in [0.25, 0.3) is 0 Å². The van der Waals surface area contributed by atoms with Crippen molar-refractivity contribution in [1.29, 1.82) is 0 Å². The van der Waals surface area contributed by atoms with E-state index in [4.69, 9.17) is 9.15 Å². The highest BCUT2D eigenvalue weighted by Crippen LogP contribution is 2.25. The molecule has 5 rings (SSSR count). The van der Waals surface area contributed by atoms with E-state index in [0.29, 0.717) is 36.5 Å². The van der Waals surface area contributed by atoms with E-state index in [1.807, 2.05) is 6.07 Å². The first-order chi connectivity index (χ1) is 17.6. The molecule has 1 aliphatic heterocycles. The molecule has 10 heteroatoms. The number of oxazole rings is 1. The number of rotatable bonds is 10. The molecule has 190 valence electrons. The lowest BCUT2D eigenvalue weighted by Crippen LogP contribution is -2.42. The van der Waals surface area contributed by atoms with Crippen LogP contribution < -0.4 is 15.4 Å². The van der Waals surface area contributed by atoms with Crippen LogP contribution in [0, 0.1) is 0 Å². The lowest BCUT2D eigenvalue weighted by atomic mass is 9.99. The molecule has 0 spiro atoms. The lowest BCUT2D eigenvalue weighted by molar-refractivity contribution is 0.0838. The van der Waals surface area contributed by atoms with Gasteiger partial charge in [-0.25, -0.2) is 15.0 Å². The van der Waals surface area contributed by atoms with Crippen LogP contribution in [0.1, 0.15) is 53.1 Å². The number of carbonyl (C=O) groups is 1. The average molecular weight is 493 g/mol. The largest absolute Gasteiger partial charge is 0.486 e. The van der Waals surface area contributed by atoms with Gasteiger partial charge in [-0.15, -0.1) is 0 Å². The molecule has 3 N–H and O–H groups in total. The molecule has 0 bridgehead atoms. The maximum atomic E-state index is 12.6. The van der Waals surface area contributed by atoms with Crippen LogP contribution >= 0.6 is 0 Å². The molecule has 1 aliphatic carbocycles. The maximum absolute atomic E-state index is 12.6. The van der Waals surface area contributed by atoms with Crippen LogP contribution in [0.4, 0.5) is 5.82 Å². The summed E-state index contributed by atoms with van der Waals surface area (Å²) in [4.78, 5) is 27.0. The van der Waals surface area contributed by atoms with E-state index in [1.54, 1.807) is 12.3 Å². The maximum Gasteiger partial charge on any atom is 0.270 e. The van der Waals surface area contributed by atoms with Crippen molar-refractivity contribution in [2.75, 3.05) is 25.0 Å². The van der Waals surface area contributed by atoms with E-state index in [-0.39, 0.29) is 12.5 Å². The zero-order chi connectivity index (χ0) is 24.7. The van der Waals surface area contributed by atoms with Crippen LogP contribution in [-0.4, -0.2) is 62.6 Å². The van der Waals surface area contributed by atoms with Crippen molar-refractivity contribution in [2.24, 2.45) is 0 Å². The highest BCUT2D eigenvalue weighted by molar-refractivity contribution is 5.92. The topological polar surface area (TPSA) is 126 Å². The first kappa shape index (κ1) is 24.2. The van der Waals surface area contributed by atoms with Crippen LogP contribution in [0.3, 0.4) is 0 Å². The number of β-amino-alcohol motifs (C(OH)–C–C–N with tert-alkyl or cyclic N) is 1. The minimum atomic E-state index is -0.682. The van der Waals surface area contributed by atoms with Crippen molar-refractivity contribution < 1.29 is 19.1 Å². The highest BCUT2D eigenvalue weighted by Gasteiger charge is 2.21. The second-order valence-electron chi connectivity index (χ2n) is 9.45. The Hall–Kier alpha value is -3.50. The number of ether oxygens (including phenoxy) is 1. The summed E-state index contributed by atoms with van der Waals surface area (Å²) in [5.74, 6) is 1.84. The minimum absolute atomic E-state index is 0.159. The fourth-order valence-electron chi connectivity index (χ4n) is 4.80. The van der Waals surface area contributed by atoms with Crippen LogP contribution in [-0.2, 0) is 19.6 Å². The van der Waals surface area contributed by atoms with E-state index in [9.17, 15) is 9.90 Å². The van der Waals surface area contributed by atoms with Crippen molar-refractivity contribution >= 4 is 11.7 Å². The van der Waals surface area contributed by atoms with E-state index >= 15 is 0 Å². The Labute approximate surface area is 210 Å². The summed E-state index contributed by atoms with van der Waals surface area (Å²) in [5.41, 5.74) is 2.76. The number of aromatic nitrogens is 3. The van der Waals surface area contributed by atoms with Gasteiger partial charge in [0.25, 0.3) is 5.91 Å². The summed E-state index contributed by atoms with van der Waals surface area (Å²) in [6.45, 7) is 2.54. The van der Waals surface area contributed by atoms with E-state index in [1.165, 1.54) is 36.7 Å². The summed E-state index contributed by atoms with van der Waals surface area (Å²) in [6, 6.07) is 8.16. The third-order valence-corrected chi connectivity index (χ3v) is 6.71. The number of nitrogens with zero attached hydrogens (tertiary/aromatic N) is 4. The molecule has 2 aromatic heterocycles. The van der Waals surface area contributed by atoms with E-state index in [0.717, 1.165) is 38.1 Å².